The van der Waals surface area contributed by atoms with Crippen LogP contribution in [-0.2, 0) is 20.6 Å². The lowest BCUT2D eigenvalue weighted by atomic mass is 9.78. The van der Waals surface area contributed by atoms with Gasteiger partial charge in [0.1, 0.15) is 0 Å². The predicted octanol–water partition coefficient (Wildman–Crippen LogP) is 4.93. The Labute approximate surface area is 194 Å². The first-order valence-corrected chi connectivity index (χ1v) is 11.2. The van der Waals surface area contributed by atoms with Crippen molar-refractivity contribution in [2.24, 2.45) is 0 Å². The van der Waals surface area contributed by atoms with Gasteiger partial charge in [-0.05, 0) is 61.6 Å². The molecule has 0 unspecified atom stereocenters. The number of carbonyl (C=O) groups is 1. The molecule has 0 bridgehead atoms. The third-order valence-electron chi connectivity index (χ3n) is 7.00. The molecule has 4 aromatic rings. The minimum absolute atomic E-state index is 0.347. The maximum absolute atomic E-state index is 12.5. The smallest absolute Gasteiger partial charge is 0.465 e. The number of fused-ring (bicyclic) bond motifs is 2. The number of hydrogen-bond acceptors (Lipinski definition) is 4. The lowest BCUT2D eigenvalue weighted by Crippen LogP contribution is -2.41. The zero-order chi connectivity index (χ0) is 23.4. The summed E-state index contributed by atoms with van der Waals surface area (Å²) in [6.45, 7) is 8.81. The molecule has 2 heterocycles. The number of ether oxygens (including phenoxy) is 1. The van der Waals surface area contributed by atoms with E-state index >= 15 is 0 Å². The Kier molecular flexibility index (Phi) is 5.11. The van der Waals surface area contributed by atoms with Crippen LogP contribution in [0.2, 0.25) is 0 Å². The van der Waals surface area contributed by atoms with E-state index in [1.54, 1.807) is 0 Å². The van der Waals surface area contributed by atoms with Crippen LogP contribution in [0.1, 0.15) is 43.6 Å². The minimum atomic E-state index is -0.468. The van der Waals surface area contributed by atoms with Gasteiger partial charge in [-0.25, -0.2) is 4.79 Å². The normalized spacial score (nSPS) is 17.1. The molecule has 0 spiro atoms. The maximum Gasteiger partial charge on any atom is 0.494 e. The van der Waals surface area contributed by atoms with Crippen molar-refractivity contribution in [3.63, 3.8) is 0 Å². The van der Waals surface area contributed by atoms with Crippen molar-refractivity contribution in [3.05, 3.63) is 78.0 Å². The Morgan fingerprint density at radius 3 is 2.33 bits per heavy atom. The van der Waals surface area contributed by atoms with Crippen molar-refractivity contribution in [2.45, 2.75) is 45.4 Å². The summed E-state index contributed by atoms with van der Waals surface area (Å²) in [7, 11) is 0.943. The zero-order valence-corrected chi connectivity index (χ0v) is 19.7. The van der Waals surface area contributed by atoms with Crippen LogP contribution in [-0.4, -0.2) is 36.0 Å². The summed E-state index contributed by atoms with van der Waals surface area (Å²) in [6, 6.07) is 20.7. The monoisotopic (exact) mass is 441 g/mol. The highest BCUT2D eigenvalue weighted by Crippen LogP contribution is 2.37. The number of nitrogens with zero attached hydrogens (tertiary/aromatic N) is 1. The molecule has 33 heavy (non-hydrogen) atoms. The summed E-state index contributed by atoms with van der Waals surface area (Å²) in [5, 5.41) is 3.25. The minimum Gasteiger partial charge on any atom is -0.465 e. The van der Waals surface area contributed by atoms with Crippen LogP contribution in [0.25, 0.3) is 21.7 Å². The van der Waals surface area contributed by atoms with Crippen molar-refractivity contribution in [1.29, 1.82) is 0 Å². The average molecular weight is 441 g/mol. The van der Waals surface area contributed by atoms with E-state index in [0.29, 0.717) is 12.1 Å². The summed E-state index contributed by atoms with van der Waals surface area (Å²) in [5.74, 6) is -0.347. The third kappa shape index (κ3) is 3.73. The standard InChI is InChI=1S/C27H28BNO4/c1-26(2)27(3,4)33-28(32-26)21-12-13-22-23(25(30)31-5)17-29(24(22)15-21)16-18-10-11-19-8-6-7-9-20(19)14-18/h6-15,17H,16H2,1-5H3. The lowest BCUT2D eigenvalue weighted by Gasteiger charge is -2.32. The number of methoxy groups -OCH3 is 1. The molecule has 6 heteroatoms. The number of esters is 1. The van der Waals surface area contributed by atoms with Gasteiger partial charge < -0.3 is 18.6 Å². The van der Waals surface area contributed by atoms with Gasteiger partial charge in [-0.15, -0.1) is 0 Å². The highest BCUT2D eigenvalue weighted by molar-refractivity contribution is 6.62. The summed E-state index contributed by atoms with van der Waals surface area (Å²) in [4.78, 5) is 12.5. The molecule has 0 saturated carbocycles. The Hall–Kier alpha value is -3.09. The first kappa shape index (κ1) is 21.7. The Bertz CT molecular complexity index is 1360. The molecule has 0 N–H and O–H groups in total. The summed E-state index contributed by atoms with van der Waals surface area (Å²) < 4.78 is 19.7. The van der Waals surface area contributed by atoms with E-state index in [9.17, 15) is 4.79 Å². The van der Waals surface area contributed by atoms with Crippen LogP contribution in [0.3, 0.4) is 0 Å². The largest absolute Gasteiger partial charge is 0.494 e. The van der Waals surface area contributed by atoms with Crippen LogP contribution >= 0.6 is 0 Å². The first-order chi connectivity index (χ1) is 15.7. The van der Waals surface area contributed by atoms with Crippen molar-refractivity contribution in [2.75, 3.05) is 7.11 Å². The molecule has 168 valence electrons. The fourth-order valence-electron chi connectivity index (χ4n) is 4.37. The highest BCUT2D eigenvalue weighted by atomic mass is 16.7. The SMILES string of the molecule is COC(=O)c1cn(Cc2ccc3ccccc3c2)c2cc(B3OC(C)(C)C(C)(C)O3)ccc12. The first-order valence-electron chi connectivity index (χ1n) is 11.2. The molecule has 1 aromatic heterocycles. The number of rotatable bonds is 4. The molecule has 5 rings (SSSR count). The summed E-state index contributed by atoms with van der Waals surface area (Å²) >= 11 is 0. The van der Waals surface area contributed by atoms with Gasteiger partial charge >= 0.3 is 13.1 Å². The molecule has 1 aliphatic rings. The Morgan fingerprint density at radius 1 is 0.939 bits per heavy atom. The van der Waals surface area contributed by atoms with Gasteiger partial charge in [-0.3, -0.25) is 0 Å². The van der Waals surface area contributed by atoms with Gasteiger partial charge in [0.2, 0.25) is 0 Å². The fraction of sp³-hybridized carbons (Fsp3) is 0.296. The Balaban J connectivity index is 1.58. The van der Waals surface area contributed by atoms with E-state index < -0.39 is 18.3 Å². The van der Waals surface area contributed by atoms with Gasteiger partial charge in [0.05, 0.1) is 23.9 Å². The van der Waals surface area contributed by atoms with Gasteiger partial charge in [0, 0.05) is 23.6 Å². The summed E-state index contributed by atoms with van der Waals surface area (Å²) in [6.07, 6.45) is 1.87. The molecule has 0 atom stereocenters. The second-order valence-corrected chi connectivity index (χ2v) is 9.71. The van der Waals surface area contributed by atoms with Gasteiger partial charge in [0.15, 0.2) is 0 Å². The maximum atomic E-state index is 12.5. The topological polar surface area (TPSA) is 49.7 Å². The fourth-order valence-corrected chi connectivity index (χ4v) is 4.37. The van der Waals surface area contributed by atoms with Crippen LogP contribution < -0.4 is 5.46 Å². The van der Waals surface area contributed by atoms with Crippen molar-refractivity contribution >= 4 is 40.2 Å². The van der Waals surface area contributed by atoms with Crippen LogP contribution in [0.5, 0.6) is 0 Å². The van der Waals surface area contributed by atoms with E-state index in [2.05, 4.69) is 41.0 Å². The Morgan fingerprint density at radius 2 is 1.64 bits per heavy atom. The van der Waals surface area contributed by atoms with E-state index in [0.717, 1.165) is 21.9 Å². The van der Waals surface area contributed by atoms with Crippen LogP contribution in [0, 0.1) is 0 Å². The lowest BCUT2D eigenvalue weighted by molar-refractivity contribution is 0.00578. The molecular formula is C27H28BNO4. The molecule has 1 fully saturated rings. The molecule has 0 amide bonds. The molecule has 3 aromatic carbocycles. The van der Waals surface area contributed by atoms with Crippen molar-refractivity contribution in [3.8, 4) is 0 Å². The molecule has 5 nitrogen and oxygen atoms in total. The van der Waals surface area contributed by atoms with Crippen LogP contribution in [0.15, 0.2) is 66.9 Å². The highest BCUT2D eigenvalue weighted by Gasteiger charge is 2.51. The zero-order valence-electron chi connectivity index (χ0n) is 19.7. The molecule has 0 radical (unpaired) electrons. The third-order valence-corrected chi connectivity index (χ3v) is 7.00. The summed E-state index contributed by atoms with van der Waals surface area (Å²) in [5.41, 5.74) is 2.73. The van der Waals surface area contributed by atoms with Crippen LogP contribution in [0.4, 0.5) is 0 Å². The van der Waals surface area contributed by atoms with E-state index in [4.69, 9.17) is 14.0 Å². The average Bonchev–Trinajstić information content (AvgIpc) is 3.25. The molecule has 1 saturated heterocycles. The number of benzene rings is 3. The van der Waals surface area contributed by atoms with E-state index in [1.165, 1.54) is 17.9 Å². The molecule has 0 aliphatic carbocycles. The van der Waals surface area contributed by atoms with Gasteiger partial charge in [-0.1, -0.05) is 48.5 Å². The number of carbonyl (C=O) groups excluding carboxylic acids is 1. The molecule has 1 aliphatic heterocycles. The van der Waals surface area contributed by atoms with Gasteiger partial charge in [0.25, 0.3) is 0 Å². The second kappa shape index (κ2) is 7.75. The molecular weight excluding hydrogens is 413 g/mol. The van der Waals surface area contributed by atoms with Gasteiger partial charge in [-0.2, -0.15) is 0 Å². The van der Waals surface area contributed by atoms with Crippen molar-refractivity contribution in [1.82, 2.24) is 4.57 Å². The number of hydrogen-bond donors (Lipinski definition) is 0. The van der Waals surface area contributed by atoms with Crippen molar-refractivity contribution < 1.29 is 18.8 Å². The van der Waals surface area contributed by atoms with E-state index in [-0.39, 0.29) is 5.97 Å². The van der Waals surface area contributed by atoms with E-state index in [1.807, 2.05) is 58.2 Å². The predicted molar refractivity (Wildman–Crippen MR) is 132 cm³/mol. The quantitative estimate of drug-likeness (QED) is 0.333. The number of aromatic nitrogens is 1. The second-order valence-electron chi connectivity index (χ2n) is 9.71.